The van der Waals surface area contributed by atoms with E-state index in [0.717, 1.165) is 5.56 Å². The number of carbonyl (C=O) groups is 1. The molecule has 0 aliphatic heterocycles. The van der Waals surface area contributed by atoms with Crippen LogP contribution in [0.3, 0.4) is 0 Å². The Morgan fingerprint density at radius 3 is 2.56 bits per heavy atom. The highest BCUT2D eigenvalue weighted by Crippen LogP contribution is 2.33. The lowest BCUT2D eigenvalue weighted by molar-refractivity contribution is 0.102. The van der Waals surface area contributed by atoms with Gasteiger partial charge in [0.05, 0.1) is 32.5 Å². The number of hydrogen-bond donors (Lipinski definition) is 1. The molecule has 0 saturated carbocycles. The summed E-state index contributed by atoms with van der Waals surface area (Å²) in [4.78, 5) is 19.8. The van der Waals surface area contributed by atoms with Crippen molar-refractivity contribution in [3.05, 3.63) is 74.2 Å². The van der Waals surface area contributed by atoms with Crippen LogP contribution in [-0.4, -0.2) is 10.9 Å². The van der Waals surface area contributed by atoms with E-state index in [1.165, 1.54) is 0 Å². The second-order valence-electron chi connectivity index (χ2n) is 5.23. The van der Waals surface area contributed by atoms with Crippen molar-refractivity contribution >= 4 is 51.4 Å². The Labute approximate surface area is 153 Å². The molecule has 1 aromatic heterocycles. The molecule has 0 aliphatic carbocycles. The van der Waals surface area contributed by atoms with Crippen LogP contribution < -0.4 is 5.32 Å². The number of pyridine rings is 1. The summed E-state index contributed by atoms with van der Waals surface area (Å²) in [5.41, 5.74) is 11.1. The number of anilines is 1. The number of carbonyl (C=O) groups excluding carboxylic acids is 1. The third-order valence-corrected chi connectivity index (χ3v) is 4.26. The van der Waals surface area contributed by atoms with Crippen molar-refractivity contribution in [3.63, 3.8) is 0 Å². The van der Waals surface area contributed by atoms with Crippen molar-refractivity contribution in [1.82, 2.24) is 4.98 Å². The average molecular weight is 372 g/mol. The lowest BCUT2D eigenvalue weighted by atomic mass is 10.1. The molecule has 0 radical (unpaired) electrons. The Morgan fingerprint density at radius 1 is 1.20 bits per heavy atom. The predicted molar refractivity (Wildman–Crippen MR) is 99.7 cm³/mol. The second-order valence-corrected chi connectivity index (χ2v) is 6.05. The van der Waals surface area contributed by atoms with E-state index in [2.05, 4.69) is 20.3 Å². The summed E-state index contributed by atoms with van der Waals surface area (Å²) >= 11 is 12.2. The van der Waals surface area contributed by atoms with Crippen LogP contribution in [0.15, 0.2) is 47.7 Å². The predicted octanol–water partition coefficient (Wildman–Crippen LogP) is 6.04. The number of azide groups is 1. The molecule has 0 unspecified atom stereocenters. The molecule has 0 spiro atoms. The third kappa shape index (κ3) is 3.23. The molecular weight excluding hydrogens is 361 g/mol. The van der Waals surface area contributed by atoms with Gasteiger partial charge in [-0.25, -0.2) is 0 Å². The fourth-order valence-corrected chi connectivity index (χ4v) is 3.06. The topological polar surface area (TPSA) is 90.8 Å². The summed E-state index contributed by atoms with van der Waals surface area (Å²) in [5.74, 6) is -0.448. The molecule has 1 N–H and O–H groups in total. The lowest BCUT2D eigenvalue weighted by Gasteiger charge is -2.12. The number of nitrogens with zero attached hydrogens (tertiary/aromatic N) is 4. The van der Waals surface area contributed by atoms with Crippen LogP contribution in [0.4, 0.5) is 11.4 Å². The third-order valence-electron chi connectivity index (χ3n) is 3.63. The van der Waals surface area contributed by atoms with Gasteiger partial charge in [0.25, 0.3) is 5.91 Å². The van der Waals surface area contributed by atoms with Gasteiger partial charge in [-0.15, -0.1) is 0 Å². The van der Waals surface area contributed by atoms with Gasteiger partial charge in [0, 0.05) is 16.5 Å². The largest absolute Gasteiger partial charge is 0.320 e. The summed E-state index contributed by atoms with van der Waals surface area (Å²) < 4.78 is 0. The molecule has 1 amide bonds. The van der Waals surface area contributed by atoms with Crippen LogP contribution in [0.5, 0.6) is 0 Å². The van der Waals surface area contributed by atoms with Crippen LogP contribution in [0.2, 0.25) is 10.0 Å². The number of nitrogens with one attached hydrogen (secondary N) is 1. The summed E-state index contributed by atoms with van der Waals surface area (Å²) in [6.45, 7) is 1.80. The number of halogens is 2. The van der Waals surface area contributed by atoms with E-state index in [1.807, 2.05) is 0 Å². The molecule has 25 heavy (non-hydrogen) atoms. The standard InChI is InChI=1S/C17H11Cl2N5O/c1-9-8-21-16-10(15(9)23-24-20)4-2-7-13(16)22-17(25)14-11(18)5-3-6-12(14)19/h2-8H,1H3,(H,22,25). The maximum atomic E-state index is 12.6. The Bertz CT molecular complexity index is 1020. The first-order valence-corrected chi connectivity index (χ1v) is 7.97. The molecule has 1 heterocycles. The molecule has 0 aliphatic rings. The molecule has 0 saturated heterocycles. The number of rotatable bonds is 3. The maximum Gasteiger partial charge on any atom is 0.258 e. The smallest absolute Gasteiger partial charge is 0.258 e. The summed E-state index contributed by atoms with van der Waals surface area (Å²) in [6, 6.07) is 10.1. The molecule has 0 bridgehead atoms. The molecule has 8 heteroatoms. The van der Waals surface area contributed by atoms with Gasteiger partial charge in [-0.1, -0.05) is 46.5 Å². The van der Waals surface area contributed by atoms with Gasteiger partial charge >= 0.3 is 0 Å². The van der Waals surface area contributed by atoms with Gasteiger partial charge in [-0.05, 0) is 36.2 Å². The highest BCUT2D eigenvalue weighted by atomic mass is 35.5. The quantitative estimate of drug-likeness (QED) is 0.345. The summed E-state index contributed by atoms with van der Waals surface area (Å²) in [7, 11) is 0. The van der Waals surface area contributed by atoms with Crippen molar-refractivity contribution in [3.8, 4) is 0 Å². The molecule has 6 nitrogen and oxygen atoms in total. The molecule has 3 aromatic rings. The molecule has 0 atom stereocenters. The minimum atomic E-state index is -0.448. The van der Waals surface area contributed by atoms with Crippen LogP contribution in [0.1, 0.15) is 15.9 Å². The Kier molecular flexibility index (Phi) is 4.76. The zero-order valence-electron chi connectivity index (χ0n) is 13.0. The van der Waals surface area contributed by atoms with Gasteiger partial charge in [0.15, 0.2) is 0 Å². The number of benzene rings is 2. The number of hydrogen-bond acceptors (Lipinski definition) is 3. The van der Waals surface area contributed by atoms with Crippen LogP contribution in [-0.2, 0) is 0 Å². The van der Waals surface area contributed by atoms with E-state index < -0.39 is 5.91 Å². The van der Waals surface area contributed by atoms with Gasteiger partial charge in [0.2, 0.25) is 0 Å². The Morgan fingerprint density at radius 2 is 1.88 bits per heavy atom. The first-order valence-electron chi connectivity index (χ1n) is 7.21. The molecular formula is C17H11Cl2N5O. The molecule has 0 fully saturated rings. The first kappa shape index (κ1) is 17.0. The van der Waals surface area contributed by atoms with E-state index in [9.17, 15) is 4.79 Å². The first-order chi connectivity index (χ1) is 12.0. The van der Waals surface area contributed by atoms with Crippen LogP contribution >= 0.6 is 23.2 Å². The fraction of sp³-hybridized carbons (Fsp3) is 0.0588. The van der Waals surface area contributed by atoms with Gasteiger partial charge in [0.1, 0.15) is 0 Å². The van der Waals surface area contributed by atoms with E-state index in [-0.39, 0.29) is 15.6 Å². The minimum absolute atomic E-state index is 0.185. The number of para-hydroxylation sites is 1. The average Bonchev–Trinajstić information content (AvgIpc) is 2.57. The van der Waals surface area contributed by atoms with Crippen LogP contribution in [0.25, 0.3) is 21.3 Å². The highest BCUT2D eigenvalue weighted by molar-refractivity contribution is 6.40. The lowest BCUT2D eigenvalue weighted by Crippen LogP contribution is -2.13. The highest BCUT2D eigenvalue weighted by Gasteiger charge is 2.16. The normalized spacial score (nSPS) is 10.4. The van der Waals surface area contributed by atoms with Crippen molar-refractivity contribution in [2.45, 2.75) is 6.92 Å². The number of aryl methyl sites for hydroxylation is 1. The number of fused-ring (bicyclic) bond motifs is 1. The van der Waals surface area contributed by atoms with E-state index in [0.29, 0.717) is 22.3 Å². The molecule has 2 aromatic carbocycles. The van der Waals surface area contributed by atoms with Crippen molar-refractivity contribution < 1.29 is 4.79 Å². The summed E-state index contributed by atoms with van der Waals surface area (Å²) in [5, 5.41) is 7.64. The van der Waals surface area contributed by atoms with Gasteiger partial charge in [-0.2, -0.15) is 0 Å². The number of amides is 1. The van der Waals surface area contributed by atoms with Crippen LogP contribution in [0, 0.1) is 6.92 Å². The van der Waals surface area contributed by atoms with E-state index >= 15 is 0 Å². The monoisotopic (exact) mass is 371 g/mol. The minimum Gasteiger partial charge on any atom is -0.320 e. The molecule has 124 valence electrons. The fourth-order valence-electron chi connectivity index (χ4n) is 2.49. The van der Waals surface area contributed by atoms with Crippen molar-refractivity contribution in [2.24, 2.45) is 5.11 Å². The van der Waals surface area contributed by atoms with Gasteiger partial charge < -0.3 is 5.32 Å². The zero-order valence-corrected chi connectivity index (χ0v) is 14.5. The zero-order chi connectivity index (χ0) is 18.0. The second kappa shape index (κ2) is 6.99. The SMILES string of the molecule is Cc1cnc2c(NC(=O)c3c(Cl)cccc3Cl)cccc2c1N=[N+]=[N-]. The van der Waals surface area contributed by atoms with Crippen molar-refractivity contribution in [1.29, 1.82) is 0 Å². The molecule has 3 rings (SSSR count). The Balaban J connectivity index is 2.10. The van der Waals surface area contributed by atoms with Crippen molar-refractivity contribution in [2.75, 3.05) is 5.32 Å². The van der Waals surface area contributed by atoms with E-state index in [1.54, 1.807) is 49.5 Å². The van der Waals surface area contributed by atoms with E-state index in [4.69, 9.17) is 28.7 Å². The van der Waals surface area contributed by atoms with Gasteiger partial charge in [-0.3, -0.25) is 9.78 Å². The number of aromatic nitrogens is 1. The Hall–Kier alpha value is -2.79. The summed E-state index contributed by atoms with van der Waals surface area (Å²) in [6.07, 6.45) is 1.59. The maximum absolute atomic E-state index is 12.6.